The van der Waals surface area contributed by atoms with Crippen molar-refractivity contribution in [3.8, 4) is 0 Å². The van der Waals surface area contributed by atoms with Gasteiger partial charge in [0.2, 0.25) is 0 Å². The molecule has 0 saturated heterocycles. The first-order valence-corrected chi connectivity index (χ1v) is 6.84. The van der Waals surface area contributed by atoms with Crippen molar-refractivity contribution in [2.75, 3.05) is 18.4 Å². The molecule has 7 heteroatoms. The fraction of sp³-hybridized carbons (Fsp3) is 0.385. The summed E-state index contributed by atoms with van der Waals surface area (Å²) in [6.07, 6.45) is -0.115. The number of hydrogen-bond acceptors (Lipinski definition) is 2. The van der Waals surface area contributed by atoms with Crippen molar-refractivity contribution in [3.63, 3.8) is 0 Å². The van der Waals surface area contributed by atoms with Gasteiger partial charge < -0.3 is 15.3 Å². The Labute approximate surface area is 127 Å². The van der Waals surface area contributed by atoms with Crippen LogP contribution in [0.25, 0.3) is 0 Å². The molecule has 2 amide bonds. The lowest BCUT2D eigenvalue weighted by Crippen LogP contribution is -2.36. The van der Waals surface area contributed by atoms with Gasteiger partial charge in [-0.1, -0.05) is 29.3 Å². The van der Waals surface area contributed by atoms with Crippen molar-refractivity contribution in [1.82, 2.24) is 4.90 Å². The summed E-state index contributed by atoms with van der Waals surface area (Å²) in [6, 6.07) is 2.97. The number of nitrogens with one attached hydrogen (secondary N) is 1. The lowest BCUT2D eigenvalue weighted by atomic mass is 10.2. The van der Waals surface area contributed by atoms with Gasteiger partial charge in [-0.25, -0.2) is 4.79 Å². The number of carboxylic acid groups (broad SMARTS) is 1. The molecule has 110 valence electrons. The second-order valence-electron chi connectivity index (χ2n) is 4.21. The number of rotatable bonds is 5. The molecule has 20 heavy (non-hydrogen) atoms. The van der Waals surface area contributed by atoms with Crippen LogP contribution in [0.4, 0.5) is 10.5 Å². The number of benzene rings is 1. The fourth-order valence-corrected chi connectivity index (χ4v) is 2.06. The molecule has 2 N–H and O–H groups in total. The number of anilines is 1. The van der Waals surface area contributed by atoms with Gasteiger partial charge in [0.05, 0.1) is 22.2 Å². The number of nitrogens with zero attached hydrogens (tertiary/aromatic N) is 1. The van der Waals surface area contributed by atoms with Gasteiger partial charge in [0, 0.05) is 13.1 Å². The third kappa shape index (κ3) is 4.28. The van der Waals surface area contributed by atoms with Crippen molar-refractivity contribution in [2.24, 2.45) is 0 Å². The third-order valence-electron chi connectivity index (χ3n) is 2.78. The summed E-state index contributed by atoms with van der Waals surface area (Å²) in [5.74, 6) is -0.956. The van der Waals surface area contributed by atoms with Crippen molar-refractivity contribution in [3.05, 3.63) is 27.7 Å². The number of hydrogen-bond donors (Lipinski definition) is 2. The average Bonchev–Trinajstić information content (AvgIpc) is 2.39. The van der Waals surface area contributed by atoms with Crippen LogP contribution in [0.1, 0.15) is 18.9 Å². The highest BCUT2D eigenvalue weighted by Crippen LogP contribution is 2.33. The topological polar surface area (TPSA) is 69.6 Å². The Morgan fingerprint density at radius 3 is 2.55 bits per heavy atom. The maximum absolute atomic E-state index is 12.1. The van der Waals surface area contributed by atoms with Gasteiger partial charge >= 0.3 is 12.0 Å². The monoisotopic (exact) mass is 318 g/mol. The van der Waals surface area contributed by atoms with Crippen molar-refractivity contribution in [1.29, 1.82) is 0 Å². The Kier molecular flexibility index (Phi) is 6.10. The maximum atomic E-state index is 12.1. The van der Waals surface area contributed by atoms with E-state index in [1.807, 2.05) is 0 Å². The zero-order valence-electron chi connectivity index (χ0n) is 11.2. The van der Waals surface area contributed by atoms with Crippen molar-refractivity contribution in [2.45, 2.75) is 20.3 Å². The molecule has 1 rings (SSSR count). The highest BCUT2D eigenvalue weighted by Gasteiger charge is 2.16. The number of amides is 2. The molecule has 0 unspecified atom stereocenters. The Morgan fingerprint density at radius 2 is 2.00 bits per heavy atom. The standard InChI is InChI=1S/C13H16Cl2N2O3/c1-3-17(7-6-10(18)19)13(20)16-12-9(14)5-4-8(2)11(12)15/h4-5H,3,6-7H2,1-2H3,(H,16,20)(H,18,19). The van der Waals surface area contributed by atoms with E-state index < -0.39 is 12.0 Å². The Balaban J connectivity index is 2.83. The van der Waals surface area contributed by atoms with Crippen LogP contribution in [-0.2, 0) is 4.79 Å². The largest absolute Gasteiger partial charge is 0.481 e. The molecule has 0 fully saturated rings. The van der Waals surface area contributed by atoms with E-state index in [4.69, 9.17) is 28.3 Å². The van der Waals surface area contributed by atoms with Crippen LogP contribution < -0.4 is 5.32 Å². The molecule has 0 saturated carbocycles. The number of carbonyl (C=O) groups is 2. The summed E-state index contributed by atoms with van der Waals surface area (Å²) >= 11 is 12.1. The number of aryl methyl sites for hydroxylation is 1. The van der Waals surface area contributed by atoms with Gasteiger partial charge in [0.25, 0.3) is 0 Å². The zero-order valence-corrected chi connectivity index (χ0v) is 12.8. The summed E-state index contributed by atoms with van der Waals surface area (Å²) in [6.45, 7) is 4.08. The number of halogens is 2. The molecule has 0 aliphatic rings. The summed E-state index contributed by atoms with van der Waals surface area (Å²) < 4.78 is 0. The molecule has 0 atom stereocenters. The molecular weight excluding hydrogens is 303 g/mol. The first kappa shape index (κ1) is 16.6. The molecule has 0 aliphatic heterocycles. The Bertz CT molecular complexity index is 521. The fourth-order valence-electron chi connectivity index (χ4n) is 1.59. The Hall–Kier alpha value is -1.46. The van der Waals surface area contributed by atoms with Crippen LogP contribution in [-0.4, -0.2) is 35.1 Å². The average molecular weight is 319 g/mol. The van der Waals surface area contributed by atoms with Gasteiger partial charge in [0.1, 0.15) is 0 Å². The van der Waals surface area contributed by atoms with Crippen LogP contribution in [0.5, 0.6) is 0 Å². The van der Waals surface area contributed by atoms with Gasteiger partial charge in [-0.05, 0) is 25.5 Å². The van der Waals surface area contributed by atoms with Gasteiger partial charge in [0.15, 0.2) is 0 Å². The molecular formula is C13H16Cl2N2O3. The predicted octanol–water partition coefficient (Wildman–Crippen LogP) is 3.63. The lowest BCUT2D eigenvalue weighted by molar-refractivity contribution is -0.137. The second kappa shape index (κ2) is 7.36. The first-order valence-electron chi connectivity index (χ1n) is 6.09. The second-order valence-corrected chi connectivity index (χ2v) is 4.99. The van der Waals surface area contributed by atoms with Crippen molar-refractivity contribution < 1.29 is 14.7 Å². The molecule has 0 radical (unpaired) electrons. The normalized spacial score (nSPS) is 10.2. The molecule has 0 aromatic heterocycles. The van der Waals surface area contributed by atoms with E-state index in [1.54, 1.807) is 26.0 Å². The van der Waals surface area contributed by atoms with E-state index in [0.717, 1.165) is 5.56 Å². The van der Waals surface area contributed by atoms with Gasteiger partial charge in [-0.3, -0.25) is 4.79 Å². The molecule has 0 aliphatic carbocycles. The van der Waals surface area contributed by atoms with Crippen LogP contribution in [0, 0.1) is 6.92 Å². The molecule has 1 aromatic rings. The number of carbonyl (C=O) groups excluding carboxylic acids is 1. The molecule has 0 spiro atoms. The summed E-state index contributed by atoms with van der Waals surface area (Å²) in [4.78, 5) is 24.0. The van der Waals surface area contributed by atoms with E-state index >= 15 is 0 Å². The van der Waals surface area contributed by atoms with Gasteiger partial charge in [-0.2, -0.15) is 0 Å². The maximum Gasteiger partial charge on any atom is 0.321 e. The predicted molar refractivity (Wildman–Crippen MR) is 79.7 cm³/mol. The minimum absolute atomic E-state index is 0.115. The van der Waals surface area contributed by atoms with E-state index in [9.17, 15) is 9.59 Å². The van der Waals surface area contributed by atoms with Crippen LogP contribution in [0.15, 0.2) is 12.1 Å². The molecule has 1 aromatic carbocycles. The van der Waals surface area contributed by atoms with E-state index in [2.05, 4.69) is 5.32 Å². The summed E-state index contributed by atoms with van der Waals surface area (Å²) in [7, 11) is 0. The lowest BCUT2D eigenvalue weighted by Gasteiger charge is -2.21. The summed E-state index contributed by atoms with van der Waals surface area (Å²) in [5, 5.41) is 12.0. The van der Waals surface area contributed by atoms with Crippen molar-refractivity contribution >= 4 is 40.9 Å². The number of carboxylic acids is 1. The summed E-state index contributed by atoms with van der Waals surface area (Å²) in [5.41, 5.74) is 1.13. The molecule has 0 heterocycles. The van der Waals surface area contributed by atoms with Gasteiger partial charge in [-0.15, -0.1) is 0 Å². The van der Waals surface area contributed by atoms with Crippen LogP contribution >= 0.6 is 23.2 Å². The number of aliphatic carboxylic acids is 1. The quantitative estimate of drug-likeness (QED) is 0.870. The molecule has 0 bridgehead atoms. The highest BCUT2D eigenvalue weighted by atomic mass is 35.5. The highest BCUT2D eigenvalue weighted by molar-refractivity contribution is 6.40. The SMILES string of the molecule is CCN(CCC(=O)O)C(=O)Nc1c(Cl)ccc(C)c1Cl. The van der Waals surface area contributed by atoms with Crippen LogP contribution in [0.3, 0.4) is 0 Å². The minimum Gasteiger partial charge on any atom is -0.481 e. The van der Waals surface area contributed by atoms with E-state index in [-0.39, 0.29) is 13.0 Å². The smallest absolute Gasteiger partial charge is 0.321 e. The third-order valence-corrected chi connectivity index (χ3v) is 3.58. The minimum atomic E-state index is -0.956. The van der Waals surface area contributed by atoms with E-state index in [1.165, 1.54) is 4.90 Å². The molecule has 5 nitrogen and oxygen atoms in total. The van der Waals surface area contributed by atoms with Crippen LogP contribution in [0.2, 0.25) is 10.0 Å². The number of urea groups is 1. The zero-order chi connectivity index (χ0) is 15.3. The van der Waals surface area contributed by atoms with E-state index in [0.29, 0.717) is 22.3 Å². The first-order chi connectivity index (χ1) is 9.36. The Morgan fingerprint density at radius 1 is 1.35 bits per heavy atom.